The predicted octanol–water partition coefficient (Wildman–Crippen LogP) is 3.43. The van der Waals surface area contributed by atoms with E-state index in [1.807, 2.05) is 20.8 Å². The molecule has 0 aromatic carbocycles. The Morgan fingerprint density at radius 2 is 2.00 bits per heavy atom. The van der Waals surface area contributed by atoms with Crippen molar-refractivity contribution < 1.29 is 22.7 Å². The van der Waals surface area contributed by atoms with E-state index in [1.165, 1.54) is 0 Å². The Labute approximate surface area is 97.8 Å². The van der Waals surface area contributed by atoms with Gasteiger partial charge in [-0.1, -0.05) is 20.8 Å². The fourth-order valence-corrected chi connectivity index (χ4v) is 2.94. The molecule has 0 radical (unpaired) electrons. The van der Waals surface area contributed by atoms with Crippen LogP contribution in [0.15, 0.2) is 11.8 Å². The molecule has 0 spiro atoms. The van der Waals surface area contributed by atoms with Crippen LogP contribution in [-0.2, 0) is 9.53 Å². The summed E-state index contributed by atoms with van der Waals surface area (Å²) < 4.78 is 41.0. The van der Waals surface area contributed by atoms with Gasteiger partial charge in [0.15, 0.2) is 0 Å². The first-order valence-electron chi connectivity index (χ1n) is 5.60. The number of carbonyl (C=O) groups excluding carboxylic acids is 1. The van der Waals surface area contributed by atoms with E-state index in [1.54, 1.807) is 6.08 Å². The van der Waals surface area contributed by atoms with Gasteiger partial charge in [-0.25, -0.2) is 4.79 Å². The van der Waals surface area contributed by atoms with Gasteiger partial charge in [-0.15, -0.1) is 0 Å². The van der Waals surface area contributed by atoms with E-state index in [9.17, 15) is 18.0 Å². The monoisotopic (exact) mass is 248 g/mol. The van der Waals surface area contributed by atoms with E-state index >= 15 is 0 Å². The SMILES string of the molecule is CC1(C)[C@H]2C=C(OC(=O)C(F)(F)F)[C@@]1(C)CC2. The van der Waals surface area contributed by atoms with Gasteiger partial charge in [-0.05, 0) is 30.3 Å². The Morgan fingerprint density at radius 1 is 1.41 bits per heavy atom. The third kappa shape index (κ3) is 1.58. The van der Waals surface area contributed by atoms with Crippen molar-refractivity contribution in [3.05, 3.63) is 11.8 Å². The summed E-state index contributed by atoms with van der Waals surface area (Å²) in [4.78, 5) is 10.9. The fourth-order valence-electron chi connectivity index (χ4n) is 2.94. The number of fused-ring (bicyclic) bond motifs is 2. The number of halogens is 3. The van der Waals surface area contributed by atoms with Crippen molar-refractivity contribution in [2.24, 2.45) is 16.7 Å². The average Bonchev–Trinajstić information content (AvgIpc) is 2.49. The van der Waals surface area contributed by atoms with Gasteiger partial charge in [0.1, 0.15) is 5.76 Å². The van der Waals surface area contributed by atoms with E-state index < -0.39 is 17.6 Å². The lowest BCUT2D eigenvalue weighted by Gasteiger charge is -2.36. The van der Waals surface area contributed by atoms with Crippen molar-refractivity contribution in [1.82, 2.24) is 0 Å². The van der Waals surface area contributed by atoms with Crippen molar-refractivity contribution in [3.8, 4) is 0 Å². The molecule has 2 aliphatic carbocycles. The summed E-state index contributed by atoms with van der Waals surface area (Å²) in [6.07, 6.45) is -1.53. The van der Waals surface area contributed by atoms with Gasteiger partial charge >= 0.3 is 12.1 Å². The maximum Gasteiger partial charge on any atom is 0.491 e. The highest BCUT2D eigenvalue weighted by atomic mass is 19.4. The minimum absolute atomic E-state index is 0.145. The molecule has 2 nitrogen and oxygen atoms in total. The number of ether oxygens (including phenoxy) is 1. The van der Waals surface area contributed by atoms with Gasteiger partial charge in [0.25, 0.3) is 0 Å². The molecule has 0 aromatic heterocycles. The second-order valence-corrected chi connectivity index (χ2v) is 5.62. The molecule has 1 saturated carbocycles. The van der Waals surface area contributed by atoms with Gasteiger partial charge in [0.05, 0.1) is 0 Å². The zero-order valence-electron chi connectivity index (χ0n) is 10.0. The number of hydrogen-bond donors (Lipinski definition) is 0. The van der Waals surface area contributed by atoms with Crippen LogP contribution in [0.5, 0.6) is 0 Å². The third-order valence-electron chi connectivity index (χ3n) is 4.63. The molecule has 0 heterocycles. The molecule has 0 aromatic rings. The topological polar surface area (TPSA) is 26.3 Å². The second-order valence-electron chi connectivity index (χ2n) is 5.62. The van der Waals surface area contributed by atoms with Gasteiger partial charge in [-0.3, -0.25) is 0 Å². The smallest absolute Gasteiger partial charge is 0.424 e. The van der Waals surface area contributed by atoms with Crippen molar-refractivity contribution in [1.29, 1.82) is 0 Å². The molecule has 0 N–H and O–H groups in total. The lowest BCUT2D eigenvalue weighted by Crippen LogP contribution is -2.34. The van der Waals surface area contributed by atoms with E-state index in [-0.39, 0.29) is 17.1 Å². The molecule has 2 atom stereocenters. The maximum atomic E-state index is 12.2. The van der Waals surface area contributed by atoms with Crippen LogP contribution >= 0.6 is 0 Å². The van der Waals surface area contributed by atoms with Crippen LogP contribution in [0.3, 0.4) is 0 Å². The molecule has 0 saturated heterocycles. The Hall–Kier alpha value is -1.00. The summed E-state index contributed by atoms with van der Waals surface area (Å²) in [7, 11) is 0. The molecule has 2 aliphatic rings. The van der Waals surface area contributed by atoms with Gasteiger partial charge in [-0.2, -0.15) is 13.2 Å². The summed E-state index contributed by atoms with van der Waals surface area (Å²) in [5.74, 6) is -1.72. The molecule has 1 fully saturated rings. The van der Waals surface area contributed by atoms with Gasteiger partial charge in [0, 0.05) is 5.41 Å². The largest absolute Gasteiger partial charge is 0.491 e. The number of alkyl halides is 3. The van der Waals surface area contributed by atoms with Crippen molar-refractivity contribution in [2.75, 3.05) is 0 Å². The summed E-state index contributed by atoms with van der Waals surface area (Å²) in [5, 5.41) is 0. The normalized spacial score (nSPS) is 34.7. The Balaban J connectivity index is 2.21. The molecule has 0 amide bonds. The van der Waals surface area contributed by atoms with Crippen LogP contribution in [0.4, 0.5) is 13.2 Å². The van der Waals surface area contributed by atoms with E-state index in [0.717, 1.165) is 12.8 Å². The quantitative estimate of drug-likeness (QED) is 0.664. The van der Waals surface area contributed by atoms with Crippen LogP contribution < -0.4 is 0 Å². The standard InChI is InChI=1S/C12H15F3O2/c1-10(2)7-4-5-11(10,3)8(6-7)17-9(16)12(13,14)15/h6-7H,4-5H2,1-3H3/t7-,11-/m1/s1. The van der Waals surface area contributed by atoms with Crippen molar-refractivity contribution >= 4 is 5.97 Å². The number of carbonyl (C=O) groups is 1. The molecule has 2 bridgehead atoms. The Morgan fingerprint density at radius 3 is 2.35 bits per heavy atom. The molecule has 5 heteroatoms. The van der Waals surface area contributed by atoms with Crippen molar-refractivity contribution in [3.63, 3.8) is 0 Å². The molecule has 0 aliphatic heterocycles. The number of allylic oxidation sites excluding steroid dienone is 2. The highest BCUT2D eigenvalue weighted by Crippen LogP contribution is 2.65. The van der Waals surface area contributed by atoms with E-state index in [0.29, 0.717) is 0 Å². The molecule has 17 heavy (non-hydrogen) atoms. The first kappa shape index (κ1) is 12.5. The first-order chi connectivity index (χ1) is 7.59. The lowest BCUT2D eigenvalue weighted by molar-refractivity contribution is -0.197. The van der Waals surface area contributed by atoms with Crippen LogP contribution in [0, 0.1) is 16.7 Å². The molecule has 0 unspecified atom stereocenters. The Bertz CT molecular complexity index is 395. The minimum Gasteiger partial charge on any atom is -0.424 e. The molecular weight excluding hydrogens is 233 g/mol. The Kier molecular flexibility index (Phi) is 2.39. The molecular formula is C12H15F3O2. The summed E-state index contributed by atoms with van der Waals surface area (Å²) in [6.45, 7) is 5.89. The fraction of sp³-hybridized carbons (Fsp3) is 0.750. The van der Waals surface area contributed by atoms with E-state index in [4.69, 9.17) is 0 Å². The van der Waals surface area contributed by atoms with Gasteiger partial charge in [0.2, 0.25) is 0 Å². The zero-order valence-corrected chi connectivity index (χ0v) is 10.0. The molecule has 2 rings (SSSR count). The van der Waals surface area contributed by atoms with Crippen LogP contribution in [0.25, 0.3) is 0 Å². The summed E-state index contributed by atoms with van der Waals surface area (Å²) in [6, 6.07) is 0. The predicted molar refractivity (Wildman–Crippen MR) is 54.8 cm³/mol. The number of esters is 1. The van der Waals surface area contributed by atoms with E-state index in [2.05, 4.69) is 4.74 Å². The molecule has 96 valence electrons. The van der Waals surface area contributed by atoms with Crippen molar-refractivity contribution in [2.45, 2.75) is 39.8 Å². The van der Waals surface area contributed by atoms with Gasteiger partial charge < -0.3 is 4.74 Å². The third-order valence-corrected chi connectivity index (χ3v) is 4.63. The van der Waals surface area contributed by atoms with Crippen LogP contribution in [0.2, 0.25) is 0 Å². The number of hydrogen-bond acceptors (Lipinski definition) is 2. The lowest BCUT2D eigenvalue weighted by atomic mass is 9.70. The summed E-state index contributed by atoms with van der Waals surface area (Å²) in [5.41, 5.74) is -0.604. The number of rotatable bonds is 1. The van der Waals surface area contributed by atoms with Crippen LogP contribution in [-0.4, -0.2) is 12.1 Å². The second kappa shape index (κ2) is 3.27. The minimum atomic E-state index is -4.93. The first-order valence-corrected chi connectivity index (χ1v) is 5.60. The zero-order chi connectivity index (χ0) is 13.1. The highest BCUT2D eigenvalue weighted by Gasteiger charge is 2.59. The average molecular weight is 248 g/mol. The highest BCUT2D eigenvalue weighted by molar-refractivity contribution is 5.77. The maximum absolute atomic E-state index is 12.2. The van der Waals surface area contributed by atoms with Crippen LogP contribution in [0.1, 0.15) is 33.6 Å². The summed E-state index contributed by atoms with van der Waals surface area (Å²) >= 11 is 0.